The Kier molecular flexibility index (Phi) is 2.10. The lowest BCUT2D eigenvalue weighted by molar-refractivity contribution is 0.288. The Morgan fingerprint density at radius 2 is 1.92 bits per heavy atom. The maximum absolute atomic E-state index is 6.08. The van der Waals surface area contributed by atoms with Crippen molar-refractivity contribution in [2.24, 2.45) is 5.92 Å². The Labute approximate surface area is 78.6 Å². The zero-order valence-electron chi connectivity index (χ0n) is 7.26. The molecule has 0 bridgehead atoms. The fourth-order valence-electron chi connectivity index (χ4n) is 1.96. The minimum absolute atomic E-state index is 0.730. The fraction of sp³-hybridized carbons (Fsp3) is 0.455. The third kappa shape index (κ3) is 1.36. The van der Waals surface area contributed by atoms with Crippen LogP contribution < -0.4 is 0 Å². The van der Waals surface area contributed by atoms with E-state index in [9.17, 15) is 0 Å². The van der Waals surface area contributed by atoms with Gasteiger partial charge in [-0.15, -0.1) is 0 Å². The van der Waals surface area contributed by atoms with Gasteiger partial charge in [-0.1, -0.05) is 36.7 Å². The van der Waals surface area contributed by atoms with E-state index >= 15 is 0 Å². The van der Waals surface area contributed by atoms with E-state index in [0.717, 1.165) is 16.9 Å². The third-order valence-electron chi connectivity index (χ3n) is 2.72. The highest BCUT2D eigenvalue weighted by Crippen LogP contribution is 2.43. The molecule has 0 N–H and O–H groups in total. The molecule has 1 heteroatoms. The number of benzene rings is 1. The summed E-state index contributed by atoms with van der Waals surface area (Å²) in [6, 6.07) is 8.21. The van der Waals surface area contributed by atoms with Crippen molar-refractivity contribution >= 4 is 11.6 Å². The minimum atomic E-state index is 0.730. The summed E-state index contributed by atoms with van der Waals surface area (Å²) in [6.45, 7) is 2.30. The van der Waals surface area contributed by atoms with Crippen LogP contribution in [0.4, 0.5) is 0 Å². The van der Waals surface area contributed by atoms with E-state index in [1.807, 2.05) is 12.1 Å². The predicted octanol–water partition coefficient (Wildman–Crippen LogP) is 3.85. The van der Waals surface area contributed by atoms with Crippen LogP contribution in [-0.2, 0) is 0 Å². The van der Waals surface area contributed by atoms with Gasteiger partial charge in [-0.05, 0) is 36.3 Å². The van der Waals surface area contributed by atoms with Gasteiger partial charge in [-0.2, -0.15) is 0 Å². The van der Waals surface area contributed by atoms with E-state index in [-0.39, 0.29) is 0 Å². The smallest absolute Gasteiger partial charge is 0.0440 e. The SMILES string of the molecule is CC1CC(c2ccccc2Cl)C1. The second kappa shape index (κ2) is 3.10. The molecule has 1 aromatic rings. The van der Waals surface area contributed by atoms with Gasteiger partial charge in [0.15, 0.2) is 0 Å². The number of halogens is 1. The molecule has 0 unspecified atom stereocenters. The van der Waals surface area contributed by atoms with Crippen LogP contribution in [-0.4, -0.2) is 0 Å². The van der Waals surface area contributed by atoms with E-state index in [4.69, 9.17) is 11.6 Å². The molecule has 1 aliphatic carbocycles. The monoisotopic (exact) mass is 180 g/mol. The van der Waals surface area contributed by atoms with Crippen molar-refractivity contribution in [3.63, 3.8) is 0 Å². The van der Waals surface area contributed by atoms with Crippen LogP contribution in [0.1, 0.15) is 31.2 Å². The van der Waals surface area contributed by atoms with Crippen molar-refractivity contribution in [2.75, 3.05) is 0 Å². The average Bonchev–Trinajstić information content (AvgIpc) is 2.01. The summed E-state index contributed by atoms with van der Waals surface area (Å²) in [4.78, 5) is 0. The van der Waals surface area contributed by atoms with Gasteiger partial charge in [-0.25, -0.2) is 0 Å². The Balaban J connectivity index is 2.18. The summed E-state index contributed by atoms with van der Waals surface area (Å²) >= 11 is 6.08. The molecule has 12 heavy (non-hydrogen) atoms. The van der Waals surface area contributed by atoms with Crippen LogP contribution in [0.15, 0.2) is 24.3 Å². The summed E-state index contributed by atoms with van der Waals surface area (Å²) in [7, 11) is 0. The standard InChI is InChI=1S/C11H13Cl/c1-8-6-9(7-8)10-4-2-3-5-11(10)12/h2-5,8-9H,6-7H2,1H3. The topological polar surface area (TPSA) is 0 Å². The van der Waals surface area contributed by atoms with E-state index in [2.05, 4.69) is 19.1 Å². The van der Waals surface area contributed by atoms with E-state index in [1.165, 1.54) is 18.4 Å². The quantitative estimate of drug-likeness (QED) is 0.616. The predicted molar refractivity (Wildman–Crippen MR) is 52.6 cm³/mol. The lowest BCUT2D eigenvalue weighted by Crippen LogP contribution is -2.18. The van der Waals surface area contributed by atoms with Crippen molar-refractivity contribution in [1.29, 1.82) is 0 Å². The number of hydrogen-bond donors (Lipinski definition) is 0. The molecule has 0 radical (unpaired) electrons. The second-order valence-corrected chi connectivity index (χ2v) is 4.20. The highest BCUT2D eigenvalue weighted by Gasteiger charge is 2.27. The van der Waals surface area contributed by atoms with Gasteiger partial charge in [0.25, 0.3) is 0 Å². The van der Waals surface area contributed by atoms with Crippen LogP contribution in [0.25, 0.3) is 0 Å². The van der Waals surface area contributed by atoms with Gasteiger partial charge < -0.3 is 0 Å². The molecule has 0 atom stereocenters. The molecule has 1 fully saturated rings. The first kappa shape index (κ1) is 8.12. The van der Waals surface area contributed by atoms with E-state index < -0.39 is 0 Å². The normalized spacial score (nSPS) is 28.2. The second-order valence-electron chi connectivity index (χ2n) is 3.80. The molecule has 1 saturated carbocycles. The molecule has 2 rings (SSSR count). The highest BCUT2D eigenvalue weighted by molar-refractivity contribution is 6.31. The molecule has 1 aromatic carbocycles. The first-order valence-corrected chi connectivity index (χ1v) is 4.89. The maximum Gasteiger partial charge on any atom is 0.0440 e. The number of hydrogen-bond acceptors (Lipinski definition) is 0. The molecule has 0 spiro atoms. The summed E-state index contributed by atoms with van der Waals surface area (Å²) in [5, 5.41) is 0.939. The largest absolute Gasteiger partial charge is 0.0840 e. The van der Waals surface area contributed by atoms with Crippen molar-refractivity contribution in [3.05, 3.63) is 34.9 Å². The third-order valence-corrected chi connectivity index (χ3v) is 3.06. The van der Waals surface area contributed by atoms with Gasteiger partial charge >= 0.3 is 0 Å². The summed E-state index contributed by atoms with van der Waals surface area (Å²) in [6.07, 6.45) is 2.62. The first-order valence-electron chi connectivity index (χ1n) is 4.52. The zero-order chi connectivity index (χ0) is 8.55. The molecular weight excluding hydrogens is 168 g/mol. The van der Waals surface area contributed by atoms with Crippen LogP contribution in [0, 0.1) is 5.92 Å². The molecular formula is C11H13Cl. The van der Waals surface area contributed by atoms with Crippen LogP contribution in [0.3, 0.4) is 0 Å². The first-order chi connectivity index (χ1) is 5.77. The molecule has 0 heterocycles. The van der Waals surface area contributed by atoms with E-state index in [1.54, 1.807) is 0 Å². The lowest BCUT2D eigenvalue weighted by Gasteiger charge is -2.33. The van der Waals surface area contributed by atoms with Gasteiger partial charge in [0.1, 0.15) is 0 Å². The molecule has 0 saturated heterocycles. The Morgan fingerprint density at radius 3 is 2.50 bits per heavy atom. The lowest BCUT2D eigenvalue weighted by atomic mass is 9.72. The molecule has 1 aliphatic rings. The van der Waals surface area contributed by atoms with Crippen LogP contribution in [0.5, 0.6) is 0 Å². The Morgan fingerprint density at radius 1 is 1.25 bits per heavy atom. The van der Waals surface area contributed by atoms with Gasteiger partial charge in [0.05, 0.1) is 0 Å². The van der Waals surface area contributed by atoms with Gasteiger partial charge in [0, 0.05) is 5.02 Å². The fourth-order valence-corrected chi connectivity index (χ4v) is 2.25. The Bertz CT molecular complexity index is 274. The van der Waals surface area contributed by atoms with Crippen molar-refractivity contribution in [2.45, 2.75) is 25.7 Å². The zero-order valence-corrected chi connectivity index (χ0v) is 8.01. The molecule has 0 amide bonds. The average molecular weight is 181 g/mol. The highest BCUT2D eigenvalue weighted by atomic mass is 35.5. The minimum Gasteiger partial charge on any atom is -0.0840 e. The molecule has 0 aromatic heterocycles. The maximum atomic E-state index is 6.08. The summed E-state index contributed by atoms with van der Waals surface area (Å²) < 4.78 is 0. The van der Waals surface area contributed by atoms with Gasteiger partial charge in [-0.3, -0.25) is 0 Å². The van der Waals surface area contributed by atoms with Crippen molar-refractivity contribution < 1.29 is 0 Å². The summed E-state index contributed by atoms with van der Waals surface area (Å²) in [5.74, 6) is 1.62. The molecule has 0 nitrogen and oxygen atoms in total. The van der Waals surface area contributed by atoms with Crippen LogP contribution in [0.2, 0.25) is 5.02 Å². The summed E-state index contributed by atoms with van der Waals surface area (Å²) in [5.41, 5.74) is 1.34. The molecule has 0 aliphatic heterocycles. The van der Waals surface area contributed by atoms with Crippen molar-refractivity contribution in [3.8, 4) is 0 Å². The van der Waals surface area contributed by atoms with Crippen LogP contribution >= 0.6 is 11.6 Å². The Hall–Kier alpha value is -0.490. The van der Waals surface area contributed by atoms with Gasteiger partial charge in [0.2, 0.25) is 0 Å². The number of rotatable bonds is 1. The van der Waals surface area contributed by atoms with E-state index in [0.29, 0.717) is 0 Å². The molecule has 64 valence electrons. The van der Waals surface area contributed by atoms with Crippen molar-refractivity contribution in [1.82, 2.24) is 0 Å².